The minimum atomic E-state index is 0. The monoisotopic (exact) mass is 630 g/mol. The van der Waals surface area contributed by atoms with Gasteiger partial charge in [-0.1, -0.05) is 18.6 Å². The van der Waals surface area contributed by atoms with Crippen molar-refractivity contribution >= 4 is 83.8 Å². The van der Waals surface area contributed by atoms with Crippen LogP contribution in [0.3, 0.4) is 0 Å². The van der Waals surface area contributed by atoms with Crippen LogP contribution in [0.4, 0.5) is 0 Å². The molecule has 5 nitrogen and oxygen atoms in total. The van der Waals surface area contributed by atoms with Crippen molar-refractivity contribution in [2.24, 2.45) is 0 Å². The van der Waals surface area contributed by atoms with Crippen LogP contribution in [0.15, 0.2) is 40.2 Å². The molecule has 0 bridgehead atoms. The van der Waals surface area contributed by atoms with Gasteiger partial charge >= 0.3 is 0 Å². The highest BCUT2D eigenvalue weighted by molar-refractivity contribution is 9.11. The van der Waals surface area contributed by atoms with E-state index in [2.05, 4.69) is 48.0 Å². The third-order valence-corrected chi connectivity index (χ3v) is 7.41. The van der Waals surface area contributed by atoms with Gasteiger partial charge in [-0.2, -0.15) is 0 Å². The van der Waals surface area contributed by atoms with Gasteiger partial charge in [0.05, 0.1) is 25.4 Å². The Kier molecular flexibility index (Phi) is 8.18. The molecule has 1 aromatic carbocycles. The predicted octanol–water partition coefficient (Wildman–Crippen LogP) is 6.29. The second-order valence-electron chi connectivity index (χ2n) is 7.66. The summed E-state index contributed by atoms with van der Waals surface area (Å²) in [6, 6.07) is 12.1. The van der Waals surface area contributed by atoms with E-state index in [-0.39, 0.29) is 39.7 Å². The molecular weight excluding hydrogens is 608 g/mol. The maximum atomic E-state index is 13.3. The molecule has 0 radical (unpaired) electrons. The second-order valence-corrected chi connectivity index (χ2v) is 10.1. The van der Waals surface area contributed by atoms with E-state index in [1.54, 1.807) is 0 Å². The number of nitrogens with zero attached hydrogens (tertiary/aromatic N) is 4. The number of fused-ring (bicyclic) bond motifs is 3. The highest BCUT2D eigenvalue weighted by Crippen LogP contribution is 2.29. The minimum absolute atomic E-state index is 0. The Labute approximate surface area is 215 Å². The van der Waals surface area contributed by atoms with E-state index in [0.717, 1.165) is 44.3 Å². The van der Waals surface area contributed by atoms with Crippen molar-refractivity contribution in [2.75, 3.05) is 19.6 Å². The van der Waals surface area contributed by atoms with Gasteiger partial charge in [-0.15, -0.1) is 45.3 Å². The number of benzene rings is 1. The van der Waals surface area contributed by atoms with E-state index >= 15 is 0 Å². The van der Waals surface area contributed by atoms with E-state index in [9.17, 15) is 4.79 Å². The number of thiophene rings is 1. The van der Waals surface area contributed by atoms with E-state index < -0.39 is 0 Å². The van der Waals surface area contributed by atoms with E-state index in [4.69, 9.17) is 4.98 Å². The molecule has 4 heterocycles. The standard InChI is InChI=1S/C22H23BrN4OS.2BrH/c1-15-20(21(28)18-9-10-19(23)29-18)27-17-8-4-3-7-16(17)26(22(27)24-15)14-13-25-11-5-2-6-12-25;;/h3-4,7-10H,2,5-6,11-14H2,1H3;2*1H. The summed E-state index contributed by atoms with van der Waals surface area (Å²) in [6.45, 7) is 6.19. The molecule has 1 aliphatic heterocycles. The number of imidazole rings is 2. The zero-order valence-corrected chi connectivity index (χ0v) is 23.0. The van der Waals surface area contributed by atoms with Gasteiger partial charge in [-0.05, 0) is 73.1 Å². The summed E-state index contributed by atoms with van der Waals surface area (Å²) < 4.78 is 5.29. The van der Waals surface area contributed by atoms with Crippen LogP contribution in [0.5, 0.6) is 0 Å². The summed E-state index contributed by atoms with van der Waals surface area (Å²) in [5.41, 5.74) is 3.63. The zero-order chi connectivity index (χ0) is 20.0. The number of piperidine rings is 1. The molecule has 1 fully saturated rings. The number of hydrogen-bond acceptors (Lipinski definition) is 4. The highest BCUT2D eigenvalue weighted by Gasteiger charge is 2.24. The van der Waals surface area contributed by atoms with Gasteiger partial charge in [0.1, 0.15) is 5.69 Å². The van der Waals surface area contributed by atoms with Crippen LogP contribution in [-0.2, 0) is 6.54 Å². The van der Waals surface area contributed by atoms with Crippen LogP contribution in [0.2, 0.25) is 0 Å². The van der Waals surface area contributed by atoms with Gasteiger partial charge < -0.3 is 9.47 Å². The van der Waals surface area contributed by atoms with Crippen molar-refractivity contribution in [3.63, 3.8) is 0 Å². The third-order valence-electron chi connectivity index (χ3n) is 5.79. The molecule has 31 heavy (non-hydrogen) atoms. The molecule has 0 saturated carbocycles. The van der Waals surface area contributed by atoms with Crippen LogP contribution in [0, 0.1) is 6.92 Å². The Balaban J connectivity index is 0.00000136. The summed E-state index contributed by atoms with van der Waals surface area (Å²) in [5.74, 6) is 0.893. The molecule has 166 valence electrons. The van der Waals surface area contributed by atoms with Gasteiger partial charge in [0.15, 0.2) is 0 Å². The maximum absolute atomic E-state index is 13.3. The van der Waals surface area contributed by atoms with Crippen molar-refractivity contribution < 1.29 is 4.79 Å². The molecule has 9 heteroatoms. The summed E-state index contributed by atoms with van der Waals surface area (Å²) in [7, 11) is 0. The number of carbonyl (C=O) groups excluding carboxylic acids is 1. The average Bonchev–Trinajstić information content (AvgIpc) is 3.39. The number of ketones is 1. The molecule has 0 aliphatic carbocycles. The molecular formula is C22H25Br3N4OS. The van der Waals surface area contributed by atoms with Crippen molar-refractivity contribution in [1.82, 2.24) is 18.9 Å². The third kappa shape index (κ3) is 4.57. The summed E-state index contributed by atoms with van der Waals surface area (Å²) in [4.78, 5) is 21.4. The summed E-state index contributed by atoms with van der Waals surface area (Å²) in [5, 5.41) is 0. The van der Waals surface area contributed by atoms with Gasteiger partial charge in [0, 0.05) is 13.1 Å². The Hall–Kier alpha value is -1.000. The summed E-state index contributed by atoms with van der Waals surface area (Å²) in [6.07, 6.45) is 3.93. The van der Waals surface area contributed by atoms with Crippen LogP contribution in [0.25, 0.3) is 16.8 Å². The second kappa shape index (κ2) is 10.3. The van der Waals surface area contributed by atoms with Crippen LogP contribution in [0.1, 0.15) is 40.3 Å². The van der Waals surface area contributed by atoms with Gasteiger partial charge in [0.25, 0.3) is 0 Å². The number of aromatic nitrogens is 3. The molecule has 0 N–H and O–H groups in total. The van der Waals surface area contributed by atoms with Crippen LogP contribution >= 0.6 is 61.2 Å². The number of rotatable bonds is 5. The fourth-order valence-corrected chi connectivity index (χ4v) is 5.70. The van der Waals surface area contributed by atoms with E-state index in [0.29, 0.717) is 5.69 Å². The lowest BCUT2D eigenvalue weighted by Gasteiger charge is -2.26. The first kappa shape index (κ1) is 24.6. The van der Waals surface area contributed by atoms with E-state index in [1.807, 2.05) is 25.1 Å². The zero-order valence-electron chi connectivity index (χ0n) is 17.2. The molecule has 3 aromatic heterocycles. The Morgan fingerprint density at radius 1 is 1.03 bits per heavy atom. The predicted molar refractivity (Wildman–Crippen MR) is 142 cm³/mol. The molecule has 0 spiro atoms. The fraction of sp³-hybridized carbons (Fsp3) is 0.364. The van der Waals surface area contributed by atoms with Gasteiger partial charge in [0.2, 0.25) is 11.6 Å². The maximum Gasteiger partial charge on any atom is 0.221 e. The molecule has 1 aliphatic rings. The van der Waals surface area contributed by atoms with E-state index in [1.165, 1.54) is 43.7 Å². The van der Waals surface area contributed by atoms with Crippen molar-refractivity contribution in [3.05, 3.63) is 56.4 Å². The quantitative estimate of drug-likeness (QED) is 0.243. The number of likely N-dealkylation sites (tertiary alicyclic amines) is 1. The molecule has 4 aromatic rings. The number of halogens is 3. The van der Waals surface area contributed by atoms with Crippen LogP contribution < -0.4 is 0 Å². The fourth-order valence-electron chi connectivity index (χ4n) is 4.38. The SMILES string of the molecule is Br.Br.Cc1nc2n(CCN3CCCCC3)c3ccccc3n2c1C(=O)c1ccc(Br)s1. The lowest BCUT2D eigenvalue weighted by atomic mass is 10.1. The van der Waals surface area contributed by atoms with Gasteiger partial charge in [-0.25, -0.2) is 4.98 Å². The van der Waals surface area contributed by atoms with Crippen molar-refractivity contribution in [1.29, 1.82) is 0 Å². The molecule has 0 unspecified atom stereocenters. The topological polar surface area (TPSA) is 42.5 Å². The molecule has 1 saturated heterocycles. The highest BCUT2D eigenvalue weighted by atomic mass is 79.9. The van der Waals surface area contributed by atoms with Crippen molar-refractivity contribution in [2.45, 2.75) is 32.7 Å². The molecule has 5 rings (SSSR count). The average molecular weight is 633 g/mol. The number of hydrogen-bond donors (Lipinski definition) is 0. The number of para-hydroxylation sites is 2. The van der Waals surface area contributed by atoms with Gasteiger partial charge in [-0.3, -0.25) is 9.20 Å². The molecule has 0 amide bonds. The Morgan fingerprint density at radius 2 is 1.74 bits per heavy atom. The first-order chi connectivity index (χ1) is 14.1. The normalized spacial score (nSPS) is 14.5. The Bertz CT molecular complexity index is 1210. The number of aryl methyl sites for hydroxylation is 1. The first-order valence-corrected chi connectivity index (χ1v) is 11.7. The largest absolute Gasteiger partial charge is 0.308 e. The van der Waals surface area contributed by atoms with Crippen molar-refractivity contribution in [3.8, 4) is 0 Å². The Morgan fingerprint density at radius 3 is 2.42 bits per heavy atom. The number of carbonyl (C=O) groups is 1. The lowest BCUT2D eigenvalue weighted by molar-refractivity contribution is 0.103. The first-order valence-electron chi connectivity index (χ1n) is 10.1. The van der Waals surface area contributed by atoms with Crippen LogP contribution in [-0.4, -0.2) is 44.3 Å². The summed E-state index contributed by atoms with van der Waals surface area (Å²) >= 11 is 4.93. The molecule has 0 atom stereocenters. The lowest BCUT2D eigenvalue weighted by Crippen LogP contribution is -2.32. The minimum Gasteiger partial charge on any atom is -0.308 e. The smallest absolute Gasteiger partial charge is 0.221 e.